The molecule has 1 aliphatic heterocycles. The van der Waals surface area contributed by atoms with Crippen molar-refractivity contribution in [2.45, 2.75) is 18.9 Å². The van der Waals surface area contributed by atoms with Crippen LogP contribution in [0.5, 0.6) is 0 Å². The lowest BCUT2D eigenvalue weighted by Crippen LogP contribution is -2.37. The van der Waals surface area contributed by atoms with Crippen molar-refractivity contribution in [1.82, 2.24) is 10.2 Å². The van der Waals surface area contributed by atoms with E-state index in [1.165, 1.54) is 0 Å². The zero-order chi connectivity index (χ0) is 8.27. The normalized spacial score (nSPS) is 17.7. The first-order chi connectivity index (χ1) is 5.29. The SMILES string of the molecule is [CH2]CC(C[CH2])N1CCNC1=O. The Labute approximate surface area is 67.8 Å². The largest absolute Gasteiger partial charge is 0.336 e. The summed E-state index contributed by atoms with van der Waals surface area (Å²) in [5.74, 6) is 0. The van der Waals surface area contributed by atoms with Gasteiger partial charge >= 0.3 is 6.03 Å². The summed E-state index contributed by atoms with van der Waals surface area (Å²) in [6.45, 7) is 9.11. The van der Waals surface area contributed by atoms with Crippen LogP contribution in [0.4, 0.5) is 4.79 Å². The maximum atomic E-state index is 11.1. The molecule has 11 heavy (non-hydrogen) atoms. The summed E-state index contributed by atoms with van der Waals surface area (Å²) < 4.78 is 0. The summed E-state index contributed by atoms with van der Waals surface area (Å²) in [5, 5.41) is 2.75. The number of carbonyl (C=O) groups is 1. The van der Waals surface area contributed by atoms with Gasteiger partial charge in [0.05, 0.1) is 0 Å². The lowest BCUT2D eigenvalue weighted by molar-refractivity contribution is 0.198. The Balaban J connectivity index is 2.49. The van der Waals surface area contributed by atoms with Crippen LogP contribution in [0.3, 0.4) is 0 Å². The van der Waals surface area contributed by atoms with Gasteiger partial charge in [-0.15, -0.1) is 0 Å². The first-order valence-corrected chi connectivity index (χ1v) is 3.92. The fourth-order valence-corrected chi connectivity index (χ4v) is 1.29. The van der Waals surface area contributed by atoms with Gasteiger partial charge in [0.2, 0.25) is 0 Å². The molecule has 62 valence electrons. The van der Waals surface area contributed by atoms with Gasteiger partial charge in [0.25, 0.3) is 0 Å². The summed E-state index contributed by atoms with van der Waals surface area (Å²) >= 11 is 0. The second-order valence-corrected chi connectivity index (χ2v) is 2.66. The third kappa shape index (κ3) is 1.64. The first kappa shape index (κ1) is 8.37. The highest BCUT2D eigenvalue weighted by molar-refractivity contribution is 5.76. The van der Waals surface area contributed by atoms with Crippen LogP contribution in [-0.2, 0) is 0 Å². The summed E-state index contributed by atoms with van der Waals surface area (Å²) in [5.41, 5.74) is 0. The number of nitrogens with zero attached hydrogens (tertiary/aromatic N) is 1. The standard InChI is InChI=1S/C8H14N2O/c1-3-7(4-2)10-6-5-9-8(10)11/h7H,1-6H2,(H,9,11). The molecule has 1 aliphatic rings. The highest BCUT2D eigenvalue weighted by Crippen LogP contribution is 2.10. The average molecular weight is 154 g/mol. The molecule has 0 aromatic rings. The number of rotatable bonds is 3. The quantitative estimate of drug-likeness (QED) is 0.641. The predicted octanol–water partition coefficient (Wildman–Crippen LogP) is 0.829. The topological polar surface area (TPSA) is 32.3 Å². The van der Waals surface area contributed by atoms with Crippen LogP contribution < -0.4 is 5.32 Å². The molecule has 0 saturated carbocycles. The van der Waals surface area contributed by atoms with Gasteiger partial charge in [0.15, 0.2) is 0 Å². The van der Waals surface area contributed by atoms with Crippen molar-refractivity contribution in [2.24, 2.45) is 0 Å². The fraction of sp³-hybridized carbons (Fsp3) is 0.625. The summed E-state index contributed by atoms with van der Waals surface area (Å²) in [6.07, 6.45) is 1.49. The molecular weight excluding hydrogens is 140 g/mol. The van der Waals surface area contributed by atoms with Gasteiger partial charge in [-0.3, -0.25) is 0 Å². The van der Waals surface area contributed by atoms with E-state index in [1.807, 2.05) is 0 Å². The van der Waals surface area contributed by atoms with Gasteiger partial charge in [0.1, 0.15) is 0 Å². The van der Waals surface area contributed by atoms with Gasteiger partial charge in [0, 0.05) is 19.1 Å². The molecule has 1 saturated heterocycles. The molecule has 0 spiro atoms. The molecule has 0 aliphatic carbocycles. The molecule has 0 aromatic carbocycles. The Morgan fingerprint density at radius 1 is 1.55 bits per heavy atom. The third-order valence-corrected chi connectivity index (χ3v) is 2.00. The van der Waals surface area contributed by atoms with Crippen LogP contribution in [0.15, 0.2) is 0 Å². The van der Waals surface area contributed by atoms with Crippen LogP contribution in [-0.4, -0.2) is 30.1 Å². The number of nitrogens with one attached hydrogen (secondary N) is 1. The van der Waals surface area contributed by atoms with Crippen molar-refractivity contribution in [3.05, 3.63) is 13.8 Å². The number of hydrogen-bond donors (Lipinski definition) is 1. The molecule has 3 nitrogen and oxygen atoms in total. The summed E-state index contributed by atoms with van der Waals surface area (Å²) in [7, 11) is 0. The van der Waals surface area contributed by atoms with E-state index in [4.69, 9.17) is 0 Å². The number of carbonyl (C=O) groups excluding carboxylic acids is 1. The van der Waals surface area contributed by atoms with E-state index in [9.17, 15) is 4.79 Å². The van der Waals surface area contributed by atoms with Crippen LogP contribution in [0, 0.1) is 13.8 Å². The summed E-state index contributed by atoms with van der Waals surface area (Å²) in [4.78, 5) is 12.9. The molecule has 1 heterocycles. The molecule has 0 atom stereocenters. The van der Waals surface area contributed by atoms with Crippen LogP contribution in [0.1, 0.15) is 12.8 Å². The van der Waals surface area contributed by atoms with Crippen molar-refractivity contribution >= 4 is 6.03 Å². The first-order valence-electron chi connectivity index (χ1n) is 3.92. The van der Waals surface area contributed by atoms with E-state index < -0.39 is 0 Å². The Kier molecular flexibility index (Phi) is 2.74. The van der Waals surface area contributed by atoms with E-state index in [0.717, 1.165) is 25.9 Å². The van der Waals surface area contributed by atoms with Crippen LogP contribution >= 0.6 is 0 Å². The molecule has 2 radical (unpaired) electrons. The molecule has 0 bridgehead atoms. The fourth-order valence-electron chi connectivity index (χ4n) is 1.29. The molecular formula is C8H14N2O. The minimum Gasteiger partial charge on any atom is -0.336 e. The third-order valence-electron chi connectivity index (χ3n) is 2.00. The maximum absolute atomic E-state index is 11.1. The Hall–Kier alpha value is -0.730. The monoisotopic (exact) mass is 154 g/mol. The van der Waals surface area contributed by atoms with E-state index in [-0.39, 0.29) is 12.1 Å². The van der Waals surface area contributed by atoms with E-state index in [1.54, 1.807) is 4.90 Å². The highest BCUT2D eigenvalue weighted by Gasteiger charge is 2.24. The zero-order valence-corrected chi connectivity index (χ0v) is 6.68. The van der Waals surface area contributed by atoms with Crippen molar-refractivity contribution in [2.75, 3.05) is 13.1 Å². The number of hydrogen-bond acceptors (Lipinski definition) is 1. The lowest BCUT2D eigenvalue weighted by atomic mass is 10.1. The van der Waals surface area contributed by atoms with Crippen LogP contribution in [0.2, 0.25) is 0 Å². The average Bonchev–Trinajstić information content (AvgIpc) is 2.40. The minimum atomic E-state index is 0.0299. The van der Waals surface area contributed by atoms with Crippen molar-refractivity contribution < 1.29 is 4.79 Å². The van der Waals surface area contributed by atoms with E-state index in [2.05, 4.69) is 19.2 Å². The highest BCUT2D eigenvalue weighted by atomic mass is 16.2. The molecule has 2 amide bonds. The molecule has 3 heteroatoms. The van der Waals surface area contributed by atoms with Gasteiger partial charge in [-0.1, -0.05) is 13.8 Å². The zero-order valence-electron chi connectivity index (χ0n) is 6.68. The second kappa shape index (κ2) is 3.60. The lowest BCUT2D eigenvalue weighted by Gasteiger charge is -2.23. The van der Waals surface area contributed by atoms with Gasteiger partial charge in [-0.05, 0) is 12.8 Å². The number of urea groups is 1. The van der Waals surface area contributed by atoms with E-state index in [0.29, 0.717) is 0 Å². The van der Waals surface area contributed by atoms with Gasteiger partial charge < -0.3 is 10.2 Å². The Morgan fingerprint density at radius 2 is 2.18 bits per heavy atom. The Bertz CT molecular complexity index is 143. The molecule has 0 unspecified atom stereocenters. The van der Waals surface area contributed by atoms with Crippen molar-refractivity contribution in [1.29, 1.82) is 0 Å². The predicted molar refractivity (Wildman–Crippen MR) is 43.8 cm³/mol. The summed E-state index contributed by atoms with van der Waals surface area (Å²) in [6, 6.07) is 0.250. The maximum Gasteiger partial charge on any atom is 0.317 e. The minimum absolute atomic E-state index is 0.0299. The van der Waals surface area contributed by atoms with Crippen LogP contribution in [0.25, 0.3) is 0 Å². The molecule has 0 aromatic heterocycles. The molecule has 1 fully saturated rings. The van der Waals surface area contributed by atoms with Crippen molar-refractivity contribution in [3.63, 3.8) is 0 Å². The Morgan fingerprint density at radius 3 is 2.55 bits per heavy atom. The van der Waals surface area contributed by atoms with Crippen molar-refractivity contribution in [3.8, 4) is 0 Å². The second-order valence-electron chi connectivity index (χ2n) is 2.66. The molecule has 1 N–H and O–H groups in total. The van der Waals surface area contributed by atoms with E-state index >= 15 is 0 Å². The molecule has 1 rings (SSSR count). The van der Waals surface area contributed by atoms with Gasteiger partial charge in [-0.2, -0.15) is 0 Å². The smallest absolute Gasteiger partial charge is 0.317 e. The number of amides is 2. The van der Waals surface area contributed by atoms with Gasteiger partial charge in [-0.25, -0.2) is 4.79 Å².